The smallest absolute Gasteiger partial charge is 0.335 e. The summed E-state index contributed by atoms with van der Waals surface area (Å²) in [4.78, 5) is 44.4. The summed E-state index contributed by atoms with van der Waals surface area (Å²) in [7, 11) is 0. The predicted octanol–water partition coefficient (Wildman–Crippen LogP) is 2.08. The van der Waals surface area contributed by atoms with Gasteiger partial charge in [-0.3, -0.25) is 0 Å². The van der Waals surface area contributed by atoms with E-state index >= 15 is 0 Å². The lowest BCUT2D eigenvalue weighted by molar-refractivity contribution is 0.0676. The van der Waals surface area contributed by atoms with Crippen molar-refractivity contribution in [2.75, 3.05) is 0 Å². The maximum absolute atomic E-state index is 11.1. The first-order valence-electron chi connectivity index (χ1n) is 6.75. The van der Waals surface area contributed by atoms with Gasteiger partial charge in [0.05, 0.1) is 22.3 Å². The molecule has 0 spiro atoms. The van der Waals surface area contributed by atoms with Crippen LogP contribution in [0.2, 0.25) is 0 Å². The summed E-state index contributed by atoms with van der Waals surface area (Å²) >= 11 is 0. The summed E-state index contributed by atoms with van der Waals surface area (Å²) in [5, 5.41) is 36.2. The van der Waals surface area contributed by atoms with Crippen molar-refractivity contribution < 1.29 is 39.6 Å². The molecular formula is C17H11O8. The molecule has 0 aromatic heterocycles. The number of hydrogen-bond acceptors (Lipinski definition) is 4. The third-order valence-electron chi connectivity index (χ3n) is 3.23. The van der Waals surface area contributed by atoms with Crippen LogP contribution in [0.4, 0.5) is 0 Å². The lowest BCUT2D eigenvalue weighted by Gasteiger charge is -2.08. The maximum Gasteiger partial charge on any atom is 0.335 e. The molecule has 1 radical (unpaired) electrons. The summed E-state index contributed by atoms with van der Waals surface area (Å²) < 4.78 is 0. The number of aromatic carboxylic acids is 4. The molecule has 0 fully saturated rings. The molecule has 2 aromatic rings. The van der Waals surface area contributed by atoms with Crippen LogP contribution < -0.4 is 0 Å². The fraction of sp³-hybridized carbons (Fsp3) is 0. The second kappa shape index (κ2) is 6.83. The third-order valence-corrected chi connectivity index (χ3v) is 3.23. The van der Waals surface area contributed by atoms with Crippen LogP contribution in [-0.2, 0) is 0 Å². The minimum atomic E-state index is -1.33. The van der Waals surface area contributed by atoms with Crippen molar-refractivity contribution >= 4 is 23.9 Å². The lowest BCUT2D eigenvalue weighted by atomic mass is 9.97. The molecular weight excluding hydrogens is 332 g/mol. The number of carboxylic acids is 4. The molecule has 127 valence electrons. The van der Waals surface area contributed by atoms with Gasteiger partial charge in [-0.05, 0) is 47.5 Å². The van der Waals surface area contributed by atoms with Gasteiger partial charge in [0.15, 0.2) is 0 Å². The standard InChI is InChI=1S/C17H11O8/c18-14(19)10-2-8(3-11(6-10)15(20)21)1-9-4-12(16(22)23)7-13(5-9)17(24)25/h1-7H,(H,18,19)(H,20,21)(H,22,23)(H,24,25). The quantitative estimate of drug-likeness (QED) is 0.622. The Bertz CT molecular complexity index is 760. The van der Waals surface area contributed by atoms with Crippen LogP contribution in [0.3, 0.4) is 0 Å². The van der Waals surface area contributed by atoms with Crippen molar-refractivity contribution in [2.24, 2.45) is 0 Å². The molecule has 0 amide bonds. The highest BCUT2D eigenvalue weighted by Crippen LogP contribution is 2.20. The number of hydrogen-bond donors (Lipinski definition) is 4. The second-order valence-corrected chi connectivity index (χ2v) is 5.05. The van der Waals surface area contributed by atoms with Crippen molar-refractivity contribution in [3.05, 3.63) is 76.2 Å². The van der Waals surface area contributed by atoms with Gasteiger partial charge in [0.2, 0.25) is 0 Å². The minimum Gasteiger partial charge on any atom is -0.478 e. The Balaban J connectivity index is 2.51. The van der Waals surface area contributed by atoms with E-state index in [2.05, 4.69) is 0 Å². The first-order chi connectivity index (χ1) is 11.7. The predicted molar refractivity (Wildman–Crippen MR) is 83.2 cm³/mol. The highest BCUT2D eigenvalue weighted by Gasteiger charge is 2.15. The monoisotopic (exact) mass is 343 g/mol. The zero-order valence-corrected chi connectivity index (χ0v) is 12.5. The Morgan fingerprint density at radius 3 is 0.960 bits per heavy atom. The lowest BCUT2D eigenvalue weighted by Crippen LogP contribution is -2.06. The Morgan fingerprint density at radius 2 is 0.760 bits per heavy atom. The molecule has 0 saturated heterocycles. The van der Waals surface area contributed by atoms with E-state index in [0.717, 1.165) is 12.1 Å². The fourth-order valence-corrected chi connectivity index (χ4v) is 2.16. The maximum atomic E-state index is 11.1. The van der Waals surface area contributed by atoms with Crippen LogP contribution in [0.1, 0.15) is 52.6 Å². The molecule has 0 aliphatic heterocycles. The van der Waals surface area contributed by atoms with E-state index in [1.807, 2.05) is 0 Å². The summed E-state index contributed by atoms with van der Waals surface area (Å²) in [5.74, 6) is -5.32. The fourth-order valence-electron chi connectivity index (χ4n) is 2.16. The molecule has 0 heterocycles. The van der Waals surface area contributed by atoms with Crippen molar-refractivity contribution in [3.63, 3.8) is 0 Å². The summed E-state index contributed by atoms with van der Waals surface area (Å²) in [6, 6.07) is 6.76. The van der Waals surface area contributed by atoms with E-state index in [-0.39, 0.29) is 33.4 Å². The van der Waals surface area contributed by atoms with E-state index in [1.54, 1.807) is 0 Å². The first kappa shape index (κ1) is 17.7. The second-order valence-electron chi connectivity index (χ2n) is 5.05. The number of rotatable bonds is 6. The van der Waals surface area contributed by atoms with E-state index in [9.17, 15) is 19.2 Å². The molecule has 8 heteroatoms. The molecule has 4 N–H and O–H groups in total. The van der Waals surface area contributed by atoms with E-state index in [4.69, 9.17) is 20.4 Å². The Hall–Kier alpha value is -3.68. The zero-order valence-electron chi connectivity index (χ0n) is 12.5. The number of carboxylic acid groups (broad SMARTS) is 4. The van der Waals surface area contributed by atoms with E-state index < -0.39 is 23.9 Å². The van der Waals surface area contributed by atoms with Gasteiger partial charge in [0.25, 0.3) is 0 Å². The summed E-state index contributed by atoms with van der Waals surface area (Å²) in [6.07, 6.45) is 1.30. The van der Waals surface area contributed by atoms with Crippen LogP contribution in [0.25, 0.3) is 0 Å². The van der Waals surface area contributed by atoms with Crippen LogP contribution in [0.5, 0.6) is 0 Å². The number of benzene rings is 2. The molecule has 0 aliphatic rings. The highest BCUT2D eigenvalue weighted by atomic mass is 16.4. The van der Waals surface area contributed by atoms with Gasteiger partial charge in [-0.1, -0.05) is 0 Å². The van der Waals surface area contributed by atoms with E-state index in [0.29, 0.717) is 0 Å². The van der Waals surface area contributed by atoms with Crippen molar-refractivity contribution in [1.29, 1.82) is 0 Å². The molecule has 0 aliphatic carbocycles. The van der Waals surface area contributed by atoms with Gasteiger partial charge in [0, 0.05) is 6.42 Å². The molecule has 2 rings (SSSR count). The topological polar surface area (TPSA) is 149 Å². The molecule has 0 atom stereocenters. The third kappa shape index (κ3) is 4.20. The van der Waals surface area contributed by atoms with Gasteiger partial charge in [-0.2, -0.15) is 0 Å². The molecule has 25 heavy (non-hydrogen) atoms. The van der Waals surface area contributed by atoms with Gasteiger partial charge >= 0.3 is 23.9 Å². The minimum absolute atomic E-state index is 0.177. The normalized spacial score (nSPS) is 10.2. The van der Waals surface area contributed by atoms with Gasteiger partial charge in [0.1, 0.15) is 0 Å². The molecule has 0 unspecified atom stereocenters. The number of carbonyl (C=O) groups is 4. The molecule has 2 aromatic carbocycles. The van der Waals surface area contributed by atoms with E-state index in [1.165, 1.54) is 30.7 Å². The molecule has 0 bridgehead atoms. The Labute approximate surface area is 140 Å². The summed E-state index contributed by atoms with van der Waals surface area (Å²) in [5.41, 5.74) is -0.705. The average Bonchev–Trinajstić information content (AvgIpc) is 2.53. The van der Waals surface area contributed by atoms with Crippen LogP contribution in [0, 0.1) is 6.42 Å². The van der Waals surface area contributed by atoms with Crippen molar-refractivity contribution in [3.8, 4) is 0 Å². The first-order valence-corrected chi connectivity index (χ1v) is 6.75. The average molecular weight is 343 g/mol. The summed E-state index contributed by atoms with van der Waals surface area (Å²) in [6.45, 7) is 0. The SMILES string of the molecule is O=C(O)c1cc([CH]c2cc(C(=O)O)cc(C(=O)O)c2)cc(C(=O)O)c1. The van der Waals surface area contributed by atoms with Gasteiger partial charge in [-0.15, -0.1) is 0 Å². The molecule has 0 saturated carbocycles. The van der Waals surface area contributed by atoms with Gasteiger partial charge < -0.3 is 20.4 Å². The van der Waals surface area contributed by atoms with Crippen LogP contribution in [-0.4, -0.2) is 44.3 Å². The Kier molecular flexibility index (Phi) is 4.83. The van der Waals surface area contributed by atoms with Crippen LogP contribution in [0.15, 0.2) is 36.4 Å². The highest BCUT2D eigenvalue weighted by molar-refractivity contribution is 5.95. The van der Waals surface area contributed by atoms with Crippen LogP contribution >= 0.6 is 0 Å². The zero-order chi connectivity index (χ0) is 18.7. The largest absolute Gasteiger partial charge is 0.478 e. The molecule has 8 nitrogen and oxygen atoms in total. The van der Waals surface area contributed by atoms with Crippen molar-refractivity contribution in [2.45, 2.75) is 0 Å². The Morgan fingerprint density at radius 1 is 0.520 bits per heavy atom. The van der Waals surface area contributed by atoms with Gasteiger partial charge in [-0.25, -0.2) is 19.2 Å². The van der Waals surface area contributed by atoms with Crippen molar-refractivity contribution in [1.82, 2.24) is 0 Å².